The van der Waals surface area contributed by atoms with Crippen LogP contribution in [-0.4, -0.2) is 59.4 Å². The molecule has 0 aliphatic carbocycles. The molecule has 2 amide bonds. The summed E-state index contributed by atoms with van der Waals surface area (Å²) in [4.78, 5) is 34.7. The van der Waals surface area contributed by atoms with Crippen molar-refractivity contribution in [1.82, 2.24) is 14.8 Å². The molecule has 1 N–H and O–H groups in total. The first kappa shape index (κ1) is 24.6. The third-order valence-corrected chi connectivity index (χ3v) is 7.97. The lowest BCUT2D eigenvalue weighted by Gasteiger charge is -2.51. The first-order valence-corrected chi connectivity index (χ1v) is 13.4. The van der Waals surface area contributed by atoms with E-state index in [1.54, 1.807) is 4.90 Å². The predicted molar refractivity (Wildman–Crippen MR) is 142 cm³/mol. The molecule has 6 nitrogen and oxygen atoms in total. The maximum Gasteiger partial charge on any atom is 0.254 e. The van der Waals surface area contributed by atoms with Gasteiger partial charge in [-0.05, 0) is 48.9 Å². The van der Waals surface area contributed by atoms with Crippen molar-refractivity contribution in [2.45, 2.75) is 57.9 Å². The Morgan fingerprint density at radius 2 is 1.78 bits per heavy atom. The molecule has 3 heterocycles. The average molecular weight is 488 g/mol. The molecule has 0 spiro atoms. The minimum atomic E-state index is -1.05. The number of aromatic amines is 1. The van der Waals surface area contributed by atoms with Crippen LogP contribution < -0.4 is 0 Å². The second-order valence-electron chi connectivity index (χ2n) is 10.2. The maximum atomic E-state index is 14.0. The van der Waals surface area contributed by atoms with Gasteiger partial charge in [-0.2, -0.15) is 0 Å². The Kier molecular flexibility index (Phi) is 6.89. The zero-order valence-electron chi connectivity index (χ0n) is 21.7. The highest BCUT2D eigenvalue weighted by atomic mass is 16.5. The standard InChI is InChI=1S/C30H37N3O3/c1-4-6-17-36-18-9-16-32-20-26(34)33-19-24(22-14-12-21(5-2)13-15-22)27-23-10-7-8-11-25(23)31-28(27)30(33,3)29(32)35/h7-8,10-15,24,31H,4-6,9,16-20H2,1-3H3. The van der Waals surface area contributed by atoms with Crippen molar-refractivity contribution in [3.63, 3.8) is 0 Å². The van der Waals surface area contributed by atoms with Gasteiger partial charge in [-0.15, -0.1) is 0 Å². The summed E-state index contributed by atoms with van der Waals surface area (Å²) >= 11 is 0. The van der Waals surface area contributed by atoms with Gasteiger partial charge in [-0.1, -0.05) is 62.7 Å². The van der Waals surface area contributed by atoms with Crippen molar-refractivity contribution in [1.29, 1.82) is 0 Å². The van der Waals surface area contributed by atoms with Crippen LogP contribution >= 0.6 is 0 Å². The fraction of sp³-hybridized carbons (Fsp3) is 0.467. The summed E-state index contributed by atoms with van der Waals surface area (Å²) < 4.78 is 5.70. The number of benzene rings is 2. The normalized spacial score (nSPS) is 21.7. The summed E-state index contributed by atoms with van der Waals surface area (Å²) in [5, 5.41) is 1.12. The molecule has 0 bridgehead atoms. The number of nitrogens with zero attached hydrogens (tertiary/aromatic N) is 2. The van der Waals surface area contributed by atoms with Gasteiger partial charge in [0.15, 0.2) is 5.54 Å². The van der Waals surface area contributed by atoms with E-state index in [0.717, 1.165) is 54.5 Å². The monoisotopic (exact) mass is 487 g/mol. The van der Waals surface area contributed by atoms with Crippen LogP contribution in [0.15, 0.2) is 48.5 Å². The average Bonchev–Trinajstić information content (AvgIpc) is 3.30. The zero-order valence-corrected chi connectivity index (χ0v) is 21.7. The van der Waals surface area contributed by atoms with Gasteiger partial charge in [-0.3, -0.25) is 9.59 Å². The molecule has 0 radical (unpaired) electrons. The molecule has 1 fully saturated rings. The Morgan fingerprint density at radius 1 is 1.03 bits per heavy atom. The molecular weight excluding hydrogens is 450 g/mol. The van der Waals surface area contributed by atoms with Gasteiger partial charge in [0.1, 0.15) is 0 Å². The van der Waals surface area contributed by atoms with Gasteiger partial charge in [-0.25, -0.2) is 0 Å². The molecule has 3 aromatic rings. The van der Waals surface area contributed by atoms with Crippen LogP contribution in [0.5, 0.6) is 0 Å². The molecule has 2 unspecified atom stereocenters. The molecule has 36 heavy (non-hydrogen) atoms. The Balaban J connectivity index is 1.51. The number of ether oxygens (including phenoxy) is 1. The number of unbranched alkanes of at least 4 members (excludes halogenated alkanes) is 1. The largest absolute Gasteiger partial charge is 0.381 e. The molecule has 2 aliphatic rings. The molecule has 1 saturated heterocycles. The van der Waals surface area contributed by atoms with E-state index in [-0.39, 0.29) is 24.3 Å². The summed E-state index contributed by atoms with van der Waals surface area (Å²) in [5.41, 5.74) is 4.40. The molecule has 5 rings (SSSR count). The number of aryl methyl sites for hydroxylation is 1. The number of amides is 2. The summed E-state index contributed by atoms with van der Waals surface area (Å²) in [6, 6.07) is 16.9. The lowest BCUT2D eigenvalue weighted by molar-refractivity contribution is -0.166. The number of hydrogen-bond donors (Lipinski definition) is 1. The van der Waals surface area contributed by atoms with Crippen molar-refractivity contribution in [2.75, 3.05) is 32.8 Å². The number of hydrogen-bond acceptors (Lipinski definition) is 3. The number of para-hydroxylation sites is 1. The minimum absolute atomic E-state index is 0.00323. The van der Waals surface area contributed by atoms with E-state index in [2.05, 4.69) is 55.2 Å². The van der Waals surface area contributed by atoms with Crippen LogP contribution in [0.1, 0.15) is 68.3 Å². The van der Waals surface area contributed by atoms with E-state index in [0.29, 0.717) is 19.7 Å². The third kappa shape index (κ3) is 4.11. The zero-order chi connectivity index (χ0) is 25.3. The van der Waals surface area contributed by atoms with E-state index in [1.807, 2.05) is 24.0 Å². The first-order valence-electron chi connectivity index (χ1n) is 13.4. The fourth-order valence-electron chi connectivity index (χ4n) is 5.85. The van der Waals surface area contributed by atoms with Crippen molar-refractivity contribution in [2.24, 2.45) is 0 Å². The van der Waals surface area contributed by atoms with E-state index in [9.17, 15) is 9.59 Å². The van der Waals surface area contributed by atoms with Crippen LogP contribution in [0.25, 0.3) is 10.9 Å². The van der Waals surface area contributed by atoms with Crippen LogP contribution in [0.3, 0.4) is 0 Å². The van der Waals surface area contributed by atoms with Gasteiger partial charge >= 0.3 is 0 Å². The molecular formula is C30H37N3O3. The molecule has 2 atom stereocenters. The lowest BCUT2D eigenvalue weighted by Crippen LogP contribution is -2.67. The number of rotatable bonds is 9. The summed E-state index contributed by atoms with van der Waals surface area (Å²) in [5.74, 6) is -0.00266. The van der Waals surface area contributed by atoms with Crippen molar-refractivity contribution in [3.05, 3.63) is 70.9 Å². The van der Waals surface area contributed by atoms with Gasteiger partial charge in [0.2, 0.25) is 5.91 Å². The fourth-order valence-corrected chi connectivity index (χ4v) is 5.85. The smallest absolute Gasteiger partial charge is 0.254 e. The van der Waals surface area contributed by atoms with Crippen LogP contribution in [0, 0.1) is 0 Å². The van der Waals surface area contributed by atoms with Crippen molar-refractivity contribution >= 4 is 22.7 Å². The van der Waals surface area contributed by atoms with Gasteiger partial charge in [0.25, 0.3) is 5.91 Å². The number of carbonyl (C=O) groups is 2. The van der Waals surface area contributed by atoms with Crippen LogP contribution in [0.4, 0.5) is 0 Å². The van der Waals surface area contributed by atoms with Crippen molar-refractivity contribution < 1.29 is 14.3 Å². The molecule has 2 aliphatic heterocycles. The Morgan fingerprint density at radius 3 is 2.53 bits per heavy atom. The Hall–Kier alpha value is -3.12. The highest BCUT2D eigenvalue weighted by Crippen LogP contribution is 2.48. The van der Waals surface area contributed by atoms with Gasteiger partial charge < -0.3 is 19.5 Å². The SMILES string of the molecule is CCCCOCCCN1CC(=O)N2CC(c3ccc(CC)cc3)c3c([nH]c4ccccc34)C2(C)C1=O. The molecule has 6 heteroatoms. The second-order valence-corrected chi connectivity index (χ2v) is 10.2. The molecule has 1 aromatic heterocycles. The molecule has 2 aromatic carbocycles. The highest BCUT2D eigenvalue weighted by Gasteiger charge is 2.56. The summed E-state index contributed by atoms with van der Waals surface area (Å²) in [6.45, 7) is 8.70. The number of piperazine rings is 1. The first-order chi connectivity index (χ1) is 17.5. The summed E-state index contributed by atoms with van der Waals surface area (Å²) in [6.07, 6.45) is 3.86. The van der Waals surface area contributed by atoms with Gasteiger partial charge in [0, 0.05) is 43.1 Å². The molecule has 190 valence electrons. The maximum absolute atomic E-state index is 14.0. The number of nitrogens with one attached hydrogen (secondary N) is 1. The highest BCUT2D eigenvalue weighted by molar-refractivity contribution is 6.01. The number of carbonyl (C=O) groups excluding carboxylic acids is 2. The number of H-pyrrole nitrogens is 1. The quantitative estimate of drug-likeness (QED) is 0.434. The third-order valence-electron chi connectivity index (χ3n) is 7.97. The van der Waals surface area contributed by atoms with Gasteiger partial charge in [0.05, 0.1) is 12.2 Å². The van der Waals surface area contributed by atoms with Crippen LogP contribution in [0.2, 0.25) is 0 Å². The molecule has 0 saturated carbocycles. The Bertz CT molecular complexity index is 1250. The number of aromatic nitrogens is 1. The van der Waals surface area contributed by atoms with E-state index in [1.165, 1.54) is 11.1 Å². The van der Waals surface area contributed by atoms with E-state index < -0.39 is 5.54 Å². The van der Waals surface area contributed by atoms with Crippen molar-refractivity contribution in [3.8, 4) is 0 Å². The van der Waals surface area contributed by atoms with E-state index >= 15 is 0 Å². The number of fused-ring (bicyclic) bond motifs is 5. The summed E-state index contributed by atoms with van der Waals surface area (Å²) in [7, 11) is 0. The lowest BCUT2D eigenvalue weighted by atomic mass is 9.76. The second kappa shape index (κ2) is 10.1. The topological polar surface area (TPSA) is 65.6 Å². The minimum Gasteiger partial charge on any atom is -0.381 e. The predicted octanol–water partition coefficient (Wildman–Crippen LogP) is 4.97. The Labute approximate surface area is 213 Å². The van der Waals surface area contributed by atoms with Crippen LogP contribution in [-0.2, 0) is 26.3 Å². The van der Waals surface area contributed by atoms with E-state index in [4.69, 9.17) is 4.74 Å².